The van der Waals surface area contributed by atoms with Gasteiger partial charge in [-0.25, -0.2) is 4.99 Å². The summed E-state index contributed by atoms with van der Waals surface area (Å²) in [5, 5.41) is 12.8. The van der Waals surface area contributed by atoms with E-state index in [1.165, 1.54) is 24.3 Å². The first-order chi connectivity index (χ1) is 15.0. The van der Waals surface area contributed by atoms with Gasteiger partial charge in [0.15, 0.2) is 17.4 Å². The molecule has 162 valence electrons. The number of amides is 1. The quantitative estimate of drug-likeness (QED) is 0.578. The molecule has 2 aromatic rings. The normalized spacial score (nSPS) is 20.4. The van der Waals surface area contributed by atoms with Crippen molar-refractivity contribution in [2.24, 2.45) is 10.9 Å². The molecule has 8 nitrogen and oxygen atoms in total. The summed E-state index contributed by atoms with van der Waals surface area (Å²) in [5.74, 6) is -1.58. The smallest absolute Gasteiger partial charge is 0.321 e. The molecule has 8 heteroatoms. The summed E-state index contributed by atoms with van der Waals surface area (Å²) in [6, 6.07) is 12.1. The Kier molecular flexibility index (Phi) is 5.79. The van der Waals surface area contributed by atoms with E-state index in [1.54, 1.807) is 19.1 Å². The summed E-state index contributed by atoms with van der Waals surface area (Å²) in [6.45, 7) is 3.17. The summed E-state index contributed by atoms with van der Waals surface area (Å²) in [7, 11) is 1.44. The number of aromatic hydroxyl groups is 1. The van der Waals surface area contributed by atoms with Gasteiger partial charge in [-0.3, -0.25) is 14.9 Å². The third-order valence-corrected chi connectivity index (χ3v) is 5.61. The number of hydrogen-bond donors (Lipinski definition) is 2. The van der Waals surface area contributed by atoms with Crippen molar-refractivity contribution >= 4 is 17.8 Å². The molecule has 2 heterocycles. The summed E-state index contributed by atoms with van der Waals surface area (Å²) in [4.78, 5) is 32.4. The highest BCUT2D eigenvalue weighted by atomic mass is 16.5. The SMILES string of the molecule is CCOC(=O)C1C(=O)NC(N2CCc3ccccc3C2)=NC1c1ccc(O)c(OC)c1. The van der Waals surface area contributed by atoms with Crippen LogP contribution in [-0.2, 0) is 27.3 Å². The van der Waals surface area contributed by atoms with E-state index >= 15 is 0 Å². The fourth-order valence-electron chi connectivity index (χ4n) is 4.02. The van der Waals surface area contributed by atoms with Gasteiger partial charge in [-0.2, -0.15) is 0 Å². The molecule has 1 amide bonds. The number of esters is 1. The molecule has 0 saturated heterocycles. The van der Waals surface area contributed by atoms with E-state index in [0.717, 1.165) is 6.42 Å². The van der Waals surface area contributed by atoms with Gasteiger partial charge in [-0.15, -0.1) is 0 Å². The van der Waals surface area contributed by atoms with Crippen molar-refractivity contribution in [2.75, 3.05) is 20.3 Å². The number of carbonyl (C=O) groups excluding carboxylic acids is 2. The highest BCUT2D eigenvalue weighted by Crippen LogP contribution is 2.36. The van der Waals surface area contributed by atoms with E-state index in [9.17, 15) is 14.7 Å². The molecular weight excluding hydrogens is 398 g/mol. The number of hydrogen-bond acceptors (Lipinski definition) is 7. The Morgan fingerprint density at radius 2 is 2.03 bits per heavy atom. The van der Waals surface area contributed by atoms with Crippen LogP contribution in [0.25, 0.3) is 0 Å². The van der Waals surface area contributed by atoms with Crippen molar-refractivity contribution in [1.82, 2.24) is 10.2 Å². The van der Waals surface area contributed by atoms with Gasteiger partial charge in [0.1, 0.15) is 6.04 Å². The van der Waals surface area contributed by atoms with Crippen LogP contribution in [0, 0.1) is 5.92 Å². The number of rotatable bonds is 4. The number of methoxy groups -OCH3 is 1. The predicted molar refractivity (Wildman–Crippen MR) is 114 cm³/mol. The molecule has 0 aliphatic carbocycles. The van der Waals surface area contributed by atoms with E-state index in [2.05, 4.69) is 17.4 Å². The van der Waals surface area contributed by atoms with Gasteiger partial charge in [0, 0.05) is 13.1 Å². The Morgan fingerprint density at radius 1 is 1.26 bits per heavy atom. The van der Waals surface area contributed by atoms with Gasteiger partial charge in [0.05, 0.1) is 13.7 Å². The molecule has 2 aliphatic rings. The first kappa shape index (κ1) is 20.7. The third kappa shape index (κ3) is 4.05. The highest BCUT2D eigenvalue weighted by Gasteiger charge is 2.42. The van der Waals surface area contributed by atoms with Crippen LogP contribution in [-0.4, -0.2) is 48.1 Å². The Balaban J connectivity index is 1.72. The number of nitrogens with zero attached hydrogens (tertiary/aromatic N) is 2. The van der Waals surface area contributed by atoms with E-state index < -0.39 is 23.8 Å². The standard InChI is InChI=1S/C23H25N3O5/c1-3-31-22(29)19-20(15-8-9-17(27)18(12-15)30-2)24-23(25-21(19)28)26-11-10-14-6-4-5-7-16(14)13-26/h4-9,12,19-20,27H,3,10-11,13H2,1-2H3,(H,24,25,28). The van der Waals surface area contributed by atoms with Gasteiger partial charge < -0.3 is 19.5 Å². The Labute approximate surface area is 180 Å². The zero-order valence-electron chi connectivity index (χ0n) is 17.5. The Morgan fingerprint density at radius 3 is 2.77 bits per heavy atom. The van der Waals surface area contributed by atoms with Crippen molar-refractivity contribution in [1.29, 1.82) is 0 Å². The zero-order valence-corrected chi connectivity index (χ0v) is 17.5. The maximum absolute atomic E-state index is 13.0. The molecule has 0 saturated carbocycles. The zero-order chi connectivity index (χ0) is 22.0. The summed E-state index contributed by atoms with van der Waals surface area (Å²) >= 11 is 0. The van der Waals surface area contributed by atoms with Crippen molar-refractivity contribution in [3.8, 4) is 11.5 Å². The number of nitrogens with one attached hydrogen (secondary N) is 1. The summed E-state index contributed by atoms with van der Waals surface area (Å²) < 4.78 is 10.4. The molecular formula is C23H25N3O5. The maximum atomic E-state index is 13.0. The second kappa shape index (κ2) is 8.67. The molecule has 0 bridgehead atoms. The molecule has 2 N–H and O–H groups in total. The fourth-order valence-corrected chi connectivity index (χ4v) is 4.02. The summed E-state index contributed by atoms with van der Waals surface area (Å²) in [6.07, 6.45) is 0.837. The van der Waals surface area contributed by atoms with Crippen LogP contribution in [0.4, 0.5) is 0 Å². The van der Waals surface area contributed by atoms with E-state index in [1.807, 2.05) is 17.0 Å². The lowest BCUT2D eigenvalue weighted by molar-refractivity contribution is -0.153. The van der Waals surface area contributed by atoms with Gasteiger partial charge in [-0.05, 0) is 42.2 Å². The number of ether oxygens (including phenoxy) is 2. The van der Waals surface area contributed by atoms with Crippen molar-refractivity contribution in [3.63, 3.8) is 0 Å². The third-order valence-electron chi connectivity index (χ3n) is 5.61. The number of guanidine groups is 1. The number of fused-ring (bicyclic) bond motifs is 1. The van der Waals surface area contributed by atoms with E-state index in [4.69, 9.17) is 14.5 Å². The lowest BCUT2D eigenvalue weighted by atomic mass is 9.91. The van der Waals surface area contributed by atoms with Crippen molar-refractivity contribution < 1.29 is 24.2 Å². The monoisotopic (exact) mass is 423 g/mol. The van der Waals surface area contributed by atoms with Crippen molar-refractivity contribution in [2.45, 2.75) is 25.9 Å². The summed E-state index contributed by atoms with van der Waals surface area (Å²) in [5.41, 5.74) is 3.05. The minimum absolute atomic E-state index is 0.0314. The van der Waals surface area contributed by atoms with Crippen LogP contribution < -0.4 is 10.1 Å². The number of carbonyl (C=O) groups is 2. The number of aliphatic imine (C=N–C) groups is 1. The second-order valence-corrected chi connectivity index (χ2v) is 7.49. The molecule has 2 aliphatic heterocycles. The Hall–Kier alpha value is -3.55. The van der Waals surface area contributed by atoms with Gasteiger partial charge >= 0.3 is 5.97 Å². The molecule has 0 aromatic heterocycles. The van der Waals surface area contributed by atoms with Crippen LogP contribution in [0.5, 0.6) is 11.5 Å². The molecule has 0 radical (unpaired) electrons. The van der Waals surface area contributed by atoms with Crippen LogP contribution in [0.2, 0.25) is 0 Å². The average molecular weight is 423 g/mol. The van der Waals surface area contributed by atoms with Gasteiger partial charge in [0.2, 0.25) is 11.9 Å². The molecule has 31 heavy (non-hydrogen) atoms. The van der Waals surface area contributed by atoms with Crippen LogP contribution in [0.15, 0.2) is 47.5 Å². The van der Waals surface area contributed by atoms with Crippen LogP contribution in [0.3, 0.4) is 0 Å². The average Bonchev–Trinajstić information content (AvgIpc) is 2.78. The predicted octanol–water partition coefficient (Wildman–Crippen LogP) is 2.17. The highest BCUT2D eigenvalue weighted by molar-refractivity contribution is 6.08. The number of phenolic OH excluding ortho intramolecular Hbond substituents is 1. The van der Waals surface area contributed by atoms with Gasteiger partial charge in [-0.1, -0.05) is 30.3 Å². The fraction of sp³-hybridized carbons (Fsp3) is 0.348. The minimum Gasteiger partial charge on any atom is -0.504 e. The molecule has 2 atom stereocenters. The second-order valence-electron chi connectivity index (χ2n) is 7.49. The van der Waals surface area contributed by atoms with Gasteiger partial charge in [0.25, 0.3) is 0 Å². The largest absolute Gasteiger partial charge is 0.504 e. The topological polar surface area (TPSA) is 100 Å². The van der Waals surface area contributed by atoms with Crippen LogP contribution >= 0.6 is 0 Å². The van der Waals surface area contributed by atoms with E-state index in [-0.39, 0.29) is 18.1 Å². The maximum Gasteiger partial charge on any atom is 0.321 e. The number of benzene rings is 2. The first-order valence-corrected chi connectivity index (χ1v) is 10.3. The van der Waals surface area contributed by atoms with E-state index in [0.29, 0.717) is 24.6 Å². The molecule has 2 unspecified atom stereocenters. The molecule has 0 spiro atoms. The lowest BCUT2D eigenvalue weighted by Crippen LogP contribution is -2.53. The first-order valence-electron chi connectivity index (χ1n) is 10.3. The van der Waals surface area contributed by atoms with Crippen LogP contribution in [0.1, 0.15) is 29.7 Å². The minimum atomic E-state index is -1.13. The molecule has 2 aromatic carbocycles. The number of phenols is 1. The molecule has 0 fully saturated rings. The Bertz CT molecular complexity index is 1040. The van der Waals surface area contributed by atoms with Crippen molar-refractivity contribution in [3.05, 3.63) is 59.2 Å². The lowest BCUT2D eigenvalue weighted by Gasteiger charge is -2.36. The molecule has 4 rings (SSSR count).